The Kier molecular flexibility index (Phi) is 5.46. The molecule has 0 unspecified atom stereocenters. The molecule has 20 heavy (non-hydrogen) atoms. The molecule has 0 radical (unpaired) electrons. The molecule has 0 aromatic heterocycles. The van der Waals surface area contributed by atoms with Crippen LogP contribution in [0, 0.1) is 0 Å². The van der Waals surface area contributed by atoms with Gasteiger partial charge in [-0.15, -0.1) is 0 Å². The van der Waals surface area contributed by atoms with Gasteiger partial charge in [0.05, 0.1) is 15.5 Å². The molecule has 0 heterocycles. The van der Waals surface area contributed by atoms with Gasteiger partial charge in [0.1, 0.15) is 0 Å². The molecule has 0 aliphatic carbocycles. The normalized spacial score (nSPS) is 12.9. The van der Waals surface area contributed by atoms with Crippen LogP contribution in [0.25, 0.3) is 0 Å². The summed E-state index contributed by atoms with van der Waals surface area (Å²) < 4.78 is 63.5. The molecule has 3 nitrogen and oxygen atoms in total. The second kappa shape index (κ2) is 6.32. The Hall–Kier alpha value is -0.790. The number of nitrogens with zero attached hydrogens (tertiary/aromatic N) is 1. The minimum Gasteiger partial charge on any atom is -0.207 e. The zero-order valence-corrected chi connectivity index (χ0v) is 12.6. The van der Waals surface area contributed by atoms with E-state index in [0.717, 1.165) is 22.9 Å². The molecule has 0 saturated carbocycles. The molecule has 0 aliphatic heterocycles. The number of halogens is 4. The van der Waals surface area contributed by atoms with Crippen LogP contribution in [0.1, 0.15) is 25.3 Å². The molecular weight excluding hydrogens is 315 g/mol. The van der Waals surface area contributed by atoms with E-state index in [1.165, 1.54) is 7.05 Å². The predicted octanol–water partition coefficient (Wildman–Crippen LogP) is 3.78. The quantitative estimate of drug-likeness (QED) is 0.824. The van der Waals surface area contributed by atoms with E-state index < -0.39 is 31.7 Å². The smallest absolute Gasteiger partial charge is 0.207 e. The lowest BCUT2D eigenvalue weighted by Crippen LogP contribution is -2.28. The maximum atomic E-state index is 12.7. The van der Waals surface area contributed by atoms with Crippen LogP contribution in [-0.4, -0.2) is 26.3 Å². The van der Waals surface area contributed by atoms with Crippen LogP contribution in [0.4, 0.5) is 13.2 Å². The Morgan fingerprint density at radius 1 is 1.30 bits per heavy atom. The Morgan fingerprint density at radius 2 is 1.90 bits per heavy atom. The van der Waals surface area contributed by atoms with Crippen LogP contribution in [0.2, 0.25) is 5.02 Å². The van der Waals surface area contributed by atoms with Crippen LogP contribution >= 0.6 is 11.6 Å². The van der Waals surface area contributed by atoms with Gasteiger partial charge >= 0.3 is 6.18 Å². The second-order valence-electron chi connectivity index (χ2n) is 4.32. The molecule has 0 aliphatic rings. The Bertz CT molecular complexity index is 573. The first-order valence-corrected chi connectivity index (χ1v) is 7.75. The summed E-state index contributed by atoms with van der Waals surface area (Å²) in [5.74, 6) is 0. The van der Waals surface area contributed by atoms with Crippen molar-refractivity contribution in [1.29, 1.82) is 0 Å². The van der Waals surface area contributed by atoms with E-state index in [2.05, 4.69) is 0 Å². The average molecular weight is 330 g/mol. The SMILES string of the molecule is CCCCN(C)S(=O)(=O)c1ccc(Cl)c(C(F)(F)F)c1. The monoisotopic (exact) mass is 329 g/mol. The average Bonchev–Trinajstić information content (AvgIpc) is 2.34. The fraction of sp³-hybridized carbons (Fsp3) is 0.500. The van der Waals surface area contributed by atoms with Crippen LogP contribution in [0.5, 0.6) is 0 Å². The van der Waals surface area contributed by atoms with Gasteiger partial charge < -0.3 is 0 Å². The lowest BCUT2D eigenvalue weighted by atomic mass is 10.2. The van der Waals surface area contributed by atoms with Gasteiger partial charge in [-0.1, -0.05) is 24.9 Å². The molecule has 0 N–H and O–H groups in total. The Labute approximate surface area is 121 Å². The third kappa shape index (κ3) is 3.86. The van der Waals surface area contributed by atoms with Gasteiger partial charge in [0.25, 0.3) is 0 Å². The van der Waals surface area contributed by atoms with E-state index in [1.807, 2.05) is 6.92 Å². The molecule has 0 atom stereocenters. The van der Waals surface area contributed by atoms with Crippen molar-refractivity contribution >= 4 is 21.6 Å². The third-order valence-corrected chi connectivity index (χ3v) is 4.96. The topological polar surface area (TPSA) is 37.4 Å². The summed E-state index contributed by atoms with van der Waals surface area (Å²) >= 11 is 5.47. The standard InChI is InChI=1S/C12H15ClF3NO2S/c1-3-4-7-17(2)20(18,19)9-5-6-11(13)10(8-9)12(14,15)16/h5-6,8H,3-4,7H2,1-2H3. The second-order valence-corrected chi connectivity index (χ2v) is 6.77. The largest absolute Gasteiger partial charge is 0.417 e. The number of rotatable bonds is 5. The van der Waals surface area contributed by atoms with Crippen molar-refractivity contribution in [2.45, 2.75) is 30.8 Å². The Morgan fingerprint density at radius 3 is 2.40 bits per heavy atom. The summed E-state index contributed by atoms with van der Waals surface area (Å²) in [6, 6.07) is 2.60. The van der Waals surface area contributed by atoms with Crippen molar-refractivity contribution in [3.05, 3.63) is 28.8 Å². The molecule has 8 heteroatoms. The highest BCUT2D eigenvalue weighted by molar-refractivity contribution is 7.89. The van der Waals surface area contributed by atoms with Crippen LogP contribution in [0.15, 0.2) is 23.1 Å². The summed E-state index contributed by atoms with van der Waals surface area (Å²) in [5, 5.41) is -0.521. The van der Waals surface area contributed by atoms with E-state index in [-0.39, 0.29) is 6.54 Å². The lowest BCUT2D eigenvalue weighted by molar-refractivity contribution is -0.137. The fourth-order valence-corrected chi connectivity index (χ4v) is 3.02. The third-order valence-electron chi connectivity index (χ3n) is 2.78. The van der Waals surface area contributed by atoms with Gasteiger partial charge in [-0.2, -0.15) is 13.2 Å². The van der Waals surface area contributed by atoms with Gasteiger partial charge in [-0.25, -0.2) is 12.7 Å². The first kappa shape index (κ1) is 17.3. The molecule has 0 spiro atoms. The minimum absolute atomic E-state index is 0.253. The summed E-state index contributed by atoms with van der Waals surface area (Å²) in [6.45, 7) is 2.15. The fourth-order valence-electron chi connectivity index (χ4n) is 1.56. The first-order chi connectivity index (χ1) is 9.10. The molecule has 1 rings (SSSR count). The molecule has 0 bridgehead atoms. The van der Waals surface area contributed by atoms with E-state index >= 15 is 0 Å². The summed E-state index contributed by atoms with van der Waals surface area (Å²) in [7, 11) is -2.60. The number of hydrogen-bond donors (Lipinski definition) is 0. The lowest BCUT2D eigenvalue weighted by Gasteiger charge is -2.18. The minimum atomic E-state index is -4.69. The first-order valence-electron chi connectivity index (χ1n) is 5.93. The number of alkyl halides is 3. The Balaban J connectivity index is 3.20. The molecule has 1 aromatic rings. The predicted molar refractivity (Wildman–Crippen MR) is 71.2 cm³/mol. The highest BCUT2D eigenvalue weighted by atomic mass is 35.5. The maximum Gasteiger partial charge on any atom is 0.417 e. The van der Waals surface area contributed by atoms with Gasteiger partial charge in [-0.05, 0) is 24.6 Å². The zero-order chi connectivity index (χ0) is 15.6. The molecule has 0 saturated heterocycles. The van der Waals surface area contributed by atoms with Crippen molar-refractivity contribution in [3.8, 4) is 0 Å². The number of hydrogen-bond acceptors (Lipinski definition) is 2. The molecule has 0 amide bonds. The zero-order valence-electron chi connectivity index (χ0n) is 11.0. The highest BCUT2D eigenvalue weighted by Gasteiger charge is 2.35. The highest BCUT2D eigenvalue weighted by Crippen LogP contribution is 2.36. The van der Waals surface area contributed by atoms with Crippen LogP contribution in [-0.2, 0) is 16.2 Å². The van der Waals surface area contributed by atoms with Gasteiger partial charge in [-0.3, -0.25) is 0 Å². The number of benzene rings is 1. The van der Waals surface area contributed by atoms with Crippen molar-refractivity contribution in [2.75, 3.05) is 13.6 Å². The van der Waals surface area contributed by atoms with Gasteiger partial charge in [0.2, 0.25) is 10.0 Å². The molecular formula is C12H15ClF3NO2S. The van der Waals surface area contributed by atoms with Crippen LogP contribution < -0.4 is 0 Å². The van der Waals surface area contributed by atoms with E-state index in [1.54, 1.807) is 0 Å². The molecule has 114 valence electrons. The van der Waals surface area contributed by atoms with E-state index in [9.17, 15) is 21.6 Å². The summed E-state index contributed by atoms with van der Waals surface area (Å²) in [6.07, 6.45) is -3.27. The van der Waals surface area contributed by atoms with Crippen LogP contribution in [0.3, 0.4) is 0 Å². The van der Waals surface area contributed by atoms with Crippen molar-refractivity contribution < 1.29 is 21.6 Å². The molecule has 0 fully saturated rings. The van der Waals surface area contributed by atoms with Crippen molar-refractivity contribution in [2.24, 2.45) is 0 Å². The van der Waals surface area contributed by atoms with Crippen molar-refractivity contribution in [3.63, 3.8) is 0 Å². The maximum absolute atomic E-state index is 12.7. The summed E-state index contributed by atoms with van der Waals surface area (Å²) in [5.41, 5.74) is -1.15. The number of sulfonamides is 1. The van der Waals surface area contributed by atoms with Gasteiger partial charge in [0.15, 0.2) is 0 Å². The van der Waals surface area contributed by atoms with E-state index in [4.69, 9.17) is 11.6 Å². The number of unbranched alkanes of at least 4 members (excludes halogenated alkanes) is 1. The van der Waals surface area contributed by atoms with Gasteiger partial charge in [0, 0.05) is 13.6 Å². The molecule has 1 aromatic carbocycles. The van der Waals surface area contributed by atoms with Crippen molar-refractivity contribution in [1.82, 2.24) is 4.31 Å². The van der Waals surface area contributed by atoms with E-state index in [0.29, 0.717) is 12.5 Å². The summed E-state index contributed by atoms with van der Waals surface area (Å²) in [4.78, 5) is -0.409.